The molecular formula is C15H14N2S. The van der Waals surface area contributed by atoms with Crippen molar-refractivity contribution in [3.05, 3.63) is 48.5 Å². The van der Waals surface area contributed by atoms with E-state index in [0.717, 1.165) is 10.6 Å². The topological polar surface area (TPSA) is 16.1 Å². The number of rotatable bonds is 2. The average Bonchev–Trinajstić information content (AvgIpc) is 2.83. The second-order valence-electron chi connectivity index (χ2n) is 4.41. The molecule has 0 aliphatic heterocycles. The van der Waals surface area contributed by atoms with E-state index in [9.17, 15) is 0 Å². The minimum absolute atomic E-state index is 1.05. The lowest BCUT2D eigenvalue weighted by molar-refractivity contribution is 1.11. The molecule has 3 aromatic rings. The van der Waals surface area contributed by atoms with Gasteiger partial charge in [-0.25, -0.2) is 4.98 Å². The van der Waals surface area contributed by atoms with Gasteiger partial charge in [-0.1, -0.05) is 53.8 Å². The molecule has 0 aliphatic carbocycles. The van der Waals surface area contributed by atoms with Crippen molar-refractivity contribution >= 4 is 26.7 Å². The lowest BCUT2D eigenvalue weighted by atomic mass is 10.1. The average molecular weight is 254 g/mol. The Morgan fingerprint density at radius 3 is 2.44 bits per heavy atom. The van der Waals surface area contributed by atoms with E-state index in [4.69, 9.17) is 4.98 Å². The molecule has 0 saturated carbocycles. The summed E-state index contributed by atoms with van der Waals surface area (Å²) in [5.74, 6) is 0. The molecule has 3 rings (SSSR count). The maximum Gasteiger partial charge on any atom is 0.185 e. The molecule has 2 nitrogen and oxygen atoms in total. The number of thiazole rings is 1. The van der Waals surface area contributed by atoms with Crippen LogP contribution in [0.5, 0.6) is 0 Å². The number of hydrogen-bond donors (Lipinski definition) is 0. The maximum atomic E-state index is 4.73. The molecular weight excluding hydrogens is 240 g/mol. The van der Waals surface area contributed by atoms with Crippen LogP contribution in [-0.4, -0.2) is 19.1 Å². The highest BCUT2D eigenvalue weighted by Gasteiger charge is 2.10. The molecule has 90 valence electrons. The zero-order chi connectivity index (χ0) is 12.5. The minimum atomic E-state index is 1.05. The molecule has 2 aromatic carbocycles. The van der Waals surface area contributed by atoms with E-state index in [0.29, 0.717) is 0 Å². The molecule has 18 heavy (non-hydrogen) atoms. The summed E-state index contributed by atoms with van der Waals surface area (Å²) >= 11 is 1.73. The first-order chi connectivity index (χ1) is 8.75. The van der Waals surface area contributed by atoms with Crippen LogP contribution in [0.25, 0.3) is 21.3 Å². The fourth-order valence-corrected chi connectivity index (χ4v) is 2.89. The number of para-hydroxylation sites is 1. The van der Waals surface area contributed by atoms with Gasteiger partial charge in [0.2, 0.25) is 0 Å². The quantitative estimate of drug-likeness (QED) is 0.686. The summed E-state index contributed by atoms with van der Waals surface area (Å²) in [6.45, 7) is 0. The standard InChI is InChI=1S/C15H14N2S/c1-17(2)15-16-14-12(9-6-10-13(14)18-15)11-7-4-3-5-8-11/h3-10H,1-2H3. The molecule has 0 unspecified atom stereocenters. The maximum absolute atomic E-state index is 4.73. The molecule has 0 amide bonds. The molecule has 0 radical (unpaired) electrons. The number of hydrogen-bond acceptors (Lipinski definition) is 3. The van der Waals surface area contributed by atoms with Crippen LogP contribution in [0, 0.1) is 0 Å². The monoisotopic (exact) mass is 254 g/mol. The second kappa shape index (κ2) is 4.42. The van der Waals surface area contributed by atoms with E-state index >= 15 is 0 Å². The van der Waals surface area contributed by atoms with E-state index in [2.05, 4.69) is 47.4 Å². The highest BCUT2D eigenvalue weighted by Crippen LogP contribution is 2.34. The van der Waals surface area contributed by atoms with Crippen LogP contribution in [0.4, 0.5) is 5.13 Å². The van der Waals surface area contributed by atoms with Gasteiger partial charge in [0.15, 0.2) is 5.13 Å². The van der Waals surface area contributed by atoms with Crippen LogP contribution in [0.15, 0.2) is 48.5 Å². The largest absolute Gasteiger partial charge is 0.354 e. The highest BCUT2D eigenvalue weighted by atomic mass is 32.1. The van der Waals surface area contributed by atoms with Crippen LogP contribution in [0.2, 0.25) is 0 Å². The summed E-state index contributed by atoms with van der Waals surface area (Å²) in [5.41, 5.74) is 3.52. The van der Waals surface area contributed by atoms with Crippen molar-refractivity contribution in [3.63, 3.8) is 0 Å². The summed E-state index contributed by atoms with van der Waals surface area (Å²) < 4.78 is 1.24. The van der Waals surface area contributed by atoms with Gasteiger partial charge in [-0.05, 0) is 11.6 Å². The van der Waals surface area contributed by atoms with Crippen molar-refractivity contribution in [3.8, 4) is 11.1 Å². The predicted octanol–water partition coefficient (Wildman–Crippen LogP) is 4.03. The molecule has 0 spiro atoms. The molecule has 1 heterocycles. The van der Waals surface area contributed by atoms with E-state index in [1.165, 1.54) is 15.8 Å². The summed E-state index contributed by atoms with van der Waals surface area (Å²) in [6, 6.07) is 16.8. The van der Waals surface area contributed by atoms with Gasteiger partial charge in [0.1, 0.15) is 0 Å². The van der Waals surface area contributed by atoms with Crippen LogP contribution >= 0.6 is 11.3 Å². The Kier molecular flexibility index (Phi) is 2.76. The molecule has 0 atom stereocenters. The third-order valence-electron chi connectivity index (χ3n) is 2.88. The van der Waals surface area contributed by atoms with Gasteiger partial charge in [-0.3, -0.25) is 0 Å². The number of nitrogens with zero attached hydrogens (tertiary/aromatic N) is 2. The lowest BCUT2D eigenvalue weighted by Crippen LogP contribution is -2.07. The Hall–Kier alpha value is -1.87. The Bertz CT molecular complexity index is 671. The van der Waals surface area contributed by atoms with E-state index in [1.807, 2.05) is 20.2 Å². The van der Waals surface area contributed by atoms with Gasteiger partial charge in [0.05, 0.1) is 10.2 Å². The molecule has 0 aliphatic rings. The molecule has 0 bridgehead atoms. The van der Waals surface area contributed by atoms with Crippen molar-refractivity contribution in [1.82, 2.24) is 4.98 Å². The van der Waals surface area contributed by atoms with Gasteiger partial charge in [0.25, 0.3) is 0 Å². The number of anilines is 1. The van der Waals surface area contributed by atoms with Crippen molar-refractivity contribution in [2.75, 3.05) is 19.0 Å². The van der Waals surface area contributed by atoms with Crippen LogP contribution in [0.1, 0.15) is 0 Å². The summed E-state index contributed by atoms with van der Waals surface area (Å²) in [6.07, 6.45) is 0. The summed E-state index contributed by atoms with van der Waals surface area (Å²) in [5, 5.41) is 1.05. The van der Waals surface area contributed by atoms with E-state index < -0.39 is 0 Å². The Morgan fingerprint density at radius 2 is 1.72 bits per heavy atom. The predicted molar refractivity (Wildman–Crippen MR) is 79.4 cm³/mol. The molecule has 0 fully saturated rings. The number of benzene rings is 2. The SMILES string of the molecule is CN(C)c1nc2c(-c3ccccc3)cccc2s1. The first kappa shape index (κ1) is 11.2. The molecule has 0 N–H and O–H groups in total. The Labute approximate surface area is 111 Å². The fraction of sp³-hybridized carbons (Fsp3) is 0.133. The lowest BCUT2D eigenvalue weighted by Gasteiger charge is -2.05. The number of aromatic nitrogens is 1. The summed E-state index contributed by atoms with van der Waals surface area (Å²) in [7, 11) is 4.06. The zero-order valence-electron chi connectivity index (χ0n) is 10.4. The van der Waals surface area contributed by atoms with E-state index in [-0.39, 0.29) is 0 Å². The Morgan fingerprint density at radius 1 is 0.944 bits per heavy atom. The van der Waals surface area contributed by atoms with Crippen LogP contribution in [-0.2, 0) is 0 Å². The molecule has 0 saturated heterocycles. The fourth-order valence-electron chi connectivity index (χ4n) is 1.98. The first-order valence-electron chi connectivity index (χ1n) is 5.88. The summed E-state index contributed by atoms with van der Waals surface area (Å²) in [4.78, 5) is 6.79. The van der Waals surface area contributed by atoms with Gasteiger partial charge in [-0.2, -0.15) is 0 Å². The first-order valence-corrected chi connectivity index (χ1v) is 6.69. The number of fused-ring (bicyclic) bond motifs is 1. The van der Waals surface area contributed by atoms with Crippen molar-refractivity contribution in [2.24, 2.45) is 0 Å². The van der Waals surface area contributed by atoms with Crippen molar-refractivity contribution < 1.29 is 0 Å². The van der Waals surface area contributed by atoms with Crippen molar-refractivity contribution in [2.45, 2.75) is 0 Å². The van der Waals surface area contributed by atoms with Gasteiger partial charge >= 0.3 is 0 Å². The molecule has 3 heteroatoms. The highest BCUT2D eigenvalue weighted by molar-refractivity contribution is 7.22. The van der Waals surface area contributed by atoms with Gasteiger partial charge in [-0.15, -0.1) is 0 Å². The van der Waals surface area contributed by atoms with Crippen molar-refractivity contribution in [1.29, 1.82) is 0 Å². The van der Waals surface area contributed by atoms with Gasteiger partial charge < -0.3 is 4.90 Å². The van der Waals surface area contributed by atoms with Crippen LogP contribution in [0.3, 0.4) is 0 Å². The van der Waals surface area contributed by atoms with Crippen LogP contribution < -0.4 is 4.90 Å². The third-order valence-corrected chi connectivity index (χ3v) is 4.06. The van der Waals surface area contributed by atoms with Gasteiger partial charge in [0, 0.05) is 19.7 Å². The second-order valence-corrected chi connectivity index (χ2v) is 5.42. The molecule has 1 aromatic heterocycles. The smallest absolute Gasteiger partial charge is 0.185 e. The third kappa shape index (κ3) is 1.87. The normalized spacial score (nSPS) is 10.8. The van der Waals surface area contributed by atoms with E-state index in [1.54, 1.807) is 11.3 Å². The minimum Gasteiger partial charge on any atom is -0.354 e. The zero-order valence-corrected chi connectivity index (χ0v) is 11.2. The Balaban J connectivity index is 2.24.